The number of rotatable bonds is 6. The van der Waals surface area contributed by atoms with Crippen LogP contribution in [0.2, 0.25) is 0 Å². The van der Waals surface area contributed by atoms with Gasteiger partial charge in [0.2, 0.25) is 0 Å². The number of aromatic nitrogens is 2. The van der Waals surface area contributed by atoms with Crippen LogP contribution in [0.1, 0.15) is 16.1 Å². The number of nitrogens with zero attached hydrogens (tertiary/aromatic N) is 4. The minimum atomic E-state index is -0.657. The van der Waals surface area contributed by atoms with Gasteiger partial charge in [-0.15, -0.1) is 0 Å². The van der Waals surface area contributed by atoms with E-state index in [0.29, 0.717) is 11.4 Å². The third-order valence-corrected chi connectivity index (χ3v) is 7.26. The number of carbonyl (C=O) groups excluding carboxylic acids is 2. The fourth-order valence-electron chi connectivity index (χ4n) is 5.20. The predicted octanol–water partition coefficient (Wildman–Crippen LogP) is 5.46. The molecule has 2 aromatic carbocycles. The molecule has 194 valence electrons. The Balaban J connectivity index is 1.19. The molecule has 0 unspecified atom stereocenters. The average Bonchev–Trinajstić information content (AvgIpc) is 3.38. The van der Waals surface area contributed by atoms with E-state index in [4.69, 9.17) is 0 Å². The number of anilines is 3. The van der Waals surface area contributed by atoms with Crippen LogP contribution in [0.4, 0.5) is 17.2 Å². The minimum Gasteiger partial charge on any atom is -0.368 e. The van der Waals surface area contributed by atoms with Gasteiger partial charge in [0.05, 0.1) is 0 Å². The molecule has 0 saturated carbocycles. The first-order valence-corrected chi connectivity index (χ1v) is 13.1. The van der Waals surface area contributed by atoms with Crippen molar-refractivity contribution in [1.82, 2.24) is 9.38 Å². The number of pyridine rings is 2. The molecule has 4 heterocycles. The van der Waals surface area contributed by atoms with E-state index in [1.54, 1.807) is 4.40 Å². The van der Waals surface area contributed by atoms with E-state index in [1.807, 2.05) is 104 Å². The van der Waals surface area contributed by atoms with Crippen LogP contribution in [0.3, 0.4) is 0 Å². The van der Waals surface area contributed by atoms with Crippen LogP contribution in [0, 0.1) is 6.92 Å². The molecule has 1 amide bonds. The number of fused-ring (bicyclic) bond motifs is 1. The minimum absolute atomic E-state index is 0.356. The Morgan fingerprint density at radius 3 is 2.28 bits per heavy atom. The third-order valence-electron chi connectivity index (χ3n) is 7.26. The van der Waals surface area contributed by atoms with Gasteiger partial charge in [0, 0.05) is 61.0 Å². The molecule has 7 heteroatoms. The molecule has 5 aromatic rings. The second-order valence-electron chi connectivity index (χ2n) is 9.71. The second kappa shape index (κ2) is 10.5. The Morgan fingerprint density at radius 2 is 1.54 bits per heavy atom. The van der Waals surface area contributed by atoms with Crippen molar-refractivity contribution in [1.29, 1.82) is 0 Å². The molecule has 1 saturated heterocycles. The number of piperazine rings is 1. The first kappa shape index (κ1) is 24.4. The SMILES string of the molecule is Cc1cc(N2CCN(c3ccccn3)CC2)ccc1NC(=O)C(=O)c1c(-c2ccccc2)cc2ccccn12. The summed E-state index contributed by atoms with van der Waals surface area (Å²) in [7, 11) is 0. The molecular formula is C32H29N5O2. The smallest absolute Gasteiger partial charge is 0.298 e. The Bertz CT molecular complexity index is 1640. The summed E-state index contributed by atoms with van der Waals surface area (Å²) in [5.74, 6) is -0.229. The van der Waals surface area contributed by atoms with E-state index in [0.717, 1.165) is 59.9 Å². The number of hydrogen-bond acceptors (Lipinski definition) is 5. The standard InChI is InChI=1S/C32H29N5O2/c1-23-21-25(35-17-19-36(20-18-35)29-12-5-7-15-33-29)13-14-28(23)34-32(39)31(38)30-27(24-9-3-2-4-10-24)22-26-11-6-8-16-37(26)30/h2-16,21-22H,17-20H2,1H3,(H,34,39). The summed E-state index contributed by atoms with van der Waals surface area (Å²) >= 11 is 0. The molecule has 0 bridgehead atoms. The maximum atomic E-state index is 13.5. The van der Waals surface area contributed by atoms with Crippen molar-refractivity contribution in [3.8, 4) is 11.1 Å². The normalized spacial score (nSPS) is 13.5. The van der Waals surface area contributed by atoms with Crippen molar-refractivity contribution in [3.05, 3.63) is 115 Å². The lowest BCUT2D eigenvalue weighted by molar-refractivity contribution is -0.112. The van der Waals surface area contributed by atoms with Gasteiger partial charge >= 0.3 is 0 Å². The highest BCUT2D eigenvalue weighted by molar-refractivity contribution is 6.47. The molecule has 1 N–H and O–H groups in total. The van der Waals surface area contributed by atoms with Gasteiger partial charge in [-0.25, -0.2) is 4.98 Å². The van der Waals surface area contributed by atoms with Crippen molar-refractivity contribution >= 4 is 34.4 Å². The first-order chi connectivity index (χ1) is 19.1. The number of amides is 1. The number of Topliss-reactive ketones (excluding diaryl/α,β-unsaturated/α-hetero) is 1. The van der Waals surface area contributed by atoms with Gasteiger partial charge in [0.15, 0.2) is 0 Å². The lowest BCUT2D eigenvalue weighted by Gasteiger charge is -2.37. The number of carbonyl (C=O) groups is 2. The van der Waals surface area contributed by atoms with Crippen LogP contribution in [0.5, 0.6) is 0 Å². The van der Waals surface area contributed by atoms with Gasteiger partial charge in [-0.1, -0.05) is 42.5 Å². The molecule has 3 aromatic heterocycles. The average molecular weight is 516 g/mol. The summed E-state index contributed by atoms with van der Waals surface area (Å²) < 4.78 is 1.78. The molecular weight excluding hydrogens is 486 g/mol. The van der Waals surface area contributed by atoms with E-state index in [9.17, 15) is 9.59 Å². The largest absolute Gasteiger partial charge is 0.368 e. The second-order valence-corrected chi connectivity index (χ2v) is 9.71. The molecule has 1 fully saturated rings. The predicted molar refractivity (Wildman–Crippen MR) is 156 cm³/mol. The third kappa shape index (κ3) is 4.86. The number of benzene rings is 2. The molecule has 1 aliphatic heterocycles. The lowest BCUT2D eigenvalue weighted by Crippen LogP contribution is -2.46. The van der Waals surface area contributed by atoms with Gasteiger partial charge in [0.1, 0.15) is 11.5 Å². The maximum Gasteiger partial charge on any atom is 0.298 e. The van der Waals surface area contributed by atoms with Crippen LogP contribution < -0.4 is 15.1 Å². The lowest BCUT2D eigenvalue weighted by atomic mass is 10.0. The molecule has 0 spiro atoms. The van der Waals surface area contributed by atoms with Crippen molar-refractivity contribution < 1.29 is 9.59 Å². The summed E-state index contributed by atoms with van der Waals surface area (Å²) in [5, 5.41) is 2.86. The van der Waals surface area contributed by atoms with E-state index < -0.39 is 11.7 Å². The summed E-state index contributed by atoms with van der Waals surface area (Å²) in [6, 6.07) is 29.3. The monoisotopic (exact) mass is 515 g/mol. The van der Waals surface area contributed by atoms with E-state index in [2.05, 4.69) is 26.2 Å². The van der Waals surface area contributed by atoms with Crippen molar-refractivity contribution in [2.45, 2.75) is 6.92 Å². The molecule has 0 atom stereocenters. The van der Waals surface area contributed by atoms with Gasteiger partial charge < -0.3 is 19.5 Å². The fourth-order valence-corrected chi connectivity index (χ4v) is 5.20. The van der Waals surface area contributed by atoms with E-state index in [1.165, 1.54) is 0 Å². The van der Waals surface area contributed by atoms with Crippen LogP contribution in [-0.4, -0.2) is 47.3 Å². The number of aryl methyl sites for hydroxylation is 1. The topological polar surface area (TPSA) is 69.9 Å². The number of hydrogen-bond donors (Lipinski definition) is 1. The zero-order chi connectivity index (χ0) is 26.8. The van der Waals surface area contributed by atoms with Crippen LogP contribution in [-0.2, 0) is 4.79 Å². The van der Waals surface area contributed by atoms with Crippen LogP contribution in [0.25, 0.3) is 16.6 Å². The van der Waals surface area contributed by atoms with Crippen LogP contribution in [0.15, 0.2) is 103 Å². The van der Waals surface area contributed by atoms with Gasteiger partial charge in [-0.3, -0.25) is 9.59 Å². The Kier molecular flexibility index (Phi) is 6.55. The van der Waals surface area contributed by atoms with Gasteiger partial charge in [-0.05, 0) is 66.6 Å². The van der Waals surface area contributed by atoms with Gasteiger partial charge in [-0.2, -0.15) is 0 Å². The summed E-state index contributed by atoms with van der Waals surface area (Å²) in [6.07, 6.45) is 3.64. The van der Waals surface area contributed by atoms with E-state index >= 15 is 0 Å². The number of ketones is 1. The van der Waals surface area contributed by atoms with E-state index in [-0.39, 0.29) is 0 Å². The molecule has 39 heavy (non-hydrogen) atoms. The summed E-state index contributed by atoms with van der Waals surface area (Å²) in [4.78, 5) is 35.9. The highest BCUT2D eigenvalue weighted by Gasteiger charge is 2.25. The van der Waals surface area contributed by atoms with Crippen molar-refractivity contribution in [2.75, 3.05) is 41.3 Å². The van der Waals surface area contributed by atoms with Crippen molar-refractivity contribution in [3.63, 3.8) is 0 Å². The fraction of sp³-hybridized carbons (Fsp3) is 0.156. The number of nitrogens with one attached hydrogen (secondary N) is 1. The molecule has 0 radical (unpaired) electrons. The molecule has 7 nitrogen and oxygen atoms in total. The van der Waals surface area contributed by atoms with Crippen molar-refractivity contribution in [2.24, 2.45) is 0 Å². The highest BCUT2D eigenvalue weighted by Crippen LogP contribution is 2.29. The molecule has 0 aliphatic carbocycles. The Morgan fingerprint density at radius 1 is 0.795 bits per heavy atom. The highest BCUT2D eigenvalue weighted by atomic mass is 16.2. The quantitative estimate of drug-likeness (QED) is 0.240. The first-order valence-electron chi connectivity index (χ1n) is 13.1. The molecule has 1 aliphatic rings. The molecule has 6 rings (SSSR count). The van der Waals surface area contributed by atoms with Gasteiger partial charge in [0.25, 0.3) is 11.7 Å². The maximum absolute atomic E-state index is 13.5. The summed E-state index contributed by atoms with van der Waals surface area (Å²) in [5.41, 5.74) is 5.47. The summed E-state index contributed by atoms with van der Waals surface area (Å²) in [6.45, 7) is 5.49. The zero-order valence-corrected chi connectivity index (χ0v) is 21.7. The zero-order valence-electron chi connectivity index (χ0n) is 21.7. The van der Waals surface area contributed by atoms with Crippen LogP contribution >= 0.6 is 0 Å². The Labute approximate surface area is 227 Å². The Hall–Kier alpha value is -4.91.